The van der Waals surface area contributed by atoms with E-state index in [2.05, 4.69) is 40.7 Å². The molecule has 0 radical (unpaired) electrons. The Bertz CT molecular complexity index is 731. The first kappa shape index (κ1) is 22.3. The van der Waals surface area contributed by atoms with E-state index in [4.69, 9.17) is 9.47 Å². The Balaban J connectivity index is 2.61. The lowest BCUT2D eigenvalue weighted by atomic mass is 9.80. The third kappa shape index (κ3) is 5.09. The number of allylic oxidation sites excluding steroid dienone is 2. The van der Waals surface area contributed by atoms with E-state index < -0.39 is 5.97 Å². The molecule has 0 spiro atoms. The molecule has 28 heavy (non-hydrogen) atoms. The molecule has 0 saturated carbocycles. The topological polar surface area (TPSA) is 55.8 Å². The van der Waals surface area contributed by atoms with Crippen molar-refractivity contribution in [1.29, 1.82) is 0 Å². The number of ether oxygens (including phenoxy) is 2. The minimum Gasteiger partial charge on any atom is -0.507 e. The molecular formula is C24H36O4. The smallest absolute Gasteiger partial charge is 0.341 e. The summed E-state index contributed by atoms with van der Waals surface area (Å²) in [5, 5.41) is 11.1. The zero-order chi connectivity index (χ0) is 20.9. The van der Waals surface area contributed by atoms with Gasteiger partial charge in [-0.2, -0.15) is 0 Å². The third-order valence-corrected chi connectivity index (χ3v) is 5.42. The maximum atomic E-state index is 12.5. The molecule has 1 heterocycles. The maximum absolute atomic E-state index is 12.5. The minimum atomic E-state index is -0.482. The van der Waals surface area contributed by atoms with Crippen molar-refractivity contribution in [3.8, 4) is 11.5 Å². The zero-order valence-electron chi connectivity index (χ0n) is 18.4. The fourth-order valence-electron chi connectivity index (χ4n) is 4.18. The van der Waals surface area contributed by atoms with Gasteiger partial charge in [0.25, 0.3) is 0 Å². The highest BCUT2D eigenvalue weighted by Gasteiger charge is 2.37. The average molecular weight is 389 g/mol. The second kappa shape index (κ2) is 9.49. The summed E-state index contributed by atoms with van der Waals surface area (Å²) in [6.07, 6.45) is 8.93. The highest BCUT2D eigenvalue weighted by Crippen LogP contribution is 2.49. The van der Waals surface area contributed by atoms with Crippen LogP contribution in [0.25, 0.3) is 0 Å². The lowest BCUT2D eigenvalue weighted by Gasteiger charge is -2.38. The number of rotatable bonds is 8. The summed E-state index contributed by atoms with van der Waals surface area (Å²) >= 11 is 0. The van der Waals surface area contributed by atoms with Crippen LogP contribution in [0.5, 0.6) is 11.5 Å². The van der Waals surface area contributed by atoms with Crippen LogP contribution in [-0.2, 0) is 11.2 Å². The van der Waals surface area contributed by atoms with Gasteiger partial charge in [0.05, 0.1) is 7.11 Å². The Morgan fingerprint density at radius 2 is 2.04 bits per heavy atom. The number of phenolic OH excluding ortho intramolecular Hbond substituents is 1. The van der Waals surface area contributed by atoms with Gasteiger partial charge in [0.15, 0.2) is 0 Å². The van der Waals surface area contributed by atoms with Crippen molar-refractivity contribution in [2.75, 3.05) is 7.11 Å². The van der Waals surface area contributed by atoms with Crippen LogP contribution in [0.3, 0.4) is 0 Å². The van der Waals surface area contributed by atoms with E-state index in [1.165, 1.54) is 12.7 Å². The molecule has 156 valence electrons. The molecule has 0 fully saturated rings. The van der Waals surface area contributed by atoms with Crippen LogP contribution in [0.2, 0.25) is 0 Å². The Kier molecular flexibility index (Phi) is 7.56. The van der Waals surface area contributed by atoms with Gasteiger partial charge >= 0.3 is 5.97 Å². The molecule has 2 rings (SSSR count). The first-order valence-corrected chi connectivity index (χ1v) is 10.6. The Labute approximate surface area is 169 Å². The lowest BCUT2D eigenvalue weighted by molar-refractivity contribution is 0.0592. The third-order valence-electron chi connectivity index (χ3n) is 5.42. The molecule has 4 heteroatoms. The average Bonchev–Trinajstić information content (AvgIpc) is 2.60. The van der Waals surface area contributed by atoms with Crippen LogP contribution in [0.1, 0.15) is 101 Å². The van der Waals surface area contributed by atoms with E-state index >= 15 is 0 Å². The summed E-state index contributed by atoms with van der Waals surface area (Å²) < 4.78 is 11.2. The number of esters is 1. The summed E-state index contributed by atoms with van der Waals surface area (Å²) in [6, 6.07) is 1.95. The van der Waals surface area contributed by atoms with Gasteiger partial charge in [0.2, 0.25) is 0 Å². The molecule has 1 aliphatic rings. The van der Waals surface area contributed by atoms with Crippen LogP contribution in [0, 0.1) is 0 Å². The van der Waals surface area contributed by atoms with Gasteiger partial charge in [-0.05, 0) is 58.1 Å². The quantitative estimate of drug-likeness (QED) is 0.322. The van der Waals surface area contributed by atoms with Gasteiger partial charge in [-0.1, -0.05) is 44.8 Å². The molecule has 1 aromatic rings. The molecular weight excluding hydrogens is 352 g/mol. The SMILES string of the molecule is CCCCCc1cc2c(c(O)c1C(=O)OC)C(/C=C(/C)CCC)CC(C)(C)O2. The number of phenols is 1. The van der Waals surface area contributed by atoms with Gasteiger partial charge in [0, 0.05) is 11.5 Å². The van der Waals surface area contributed by atoms with Crippen molar-refractivity contribution in [2.45, 2.75) is 91.1 Å². The number of fused-ring (bicyclic) bond motifs is 1. The number of carbonyl (C=O) groups is 1. The number of aromatic hydroxyl groups is 1. The first-order chi connectivity index (χ1) is 13.2. The van der Waals surface area contributed by atoms with Crippen molar-refractivity contribution < 1.29 is 19.4 Å². The summed E-state index contributed by atoms with van der Waals surface area (Å²) in [5.74, 6) is 0.249. The zero-order valence-corrected chi connectivity index (χ0v) is 18.4. The highest BCUT2D eigenvalue weighted by molar-refractivity contribution is 5.95. The van der Waals surface area contributed by atoms with Crippen LogP contribution in [-0.4, -0.2) is 23.8 Å². The Morgan fingerprint density at radius 1 is 1.32 bits per heavy atom. The summed E-state index contributed by atoms with van der Waals surface area (Å²) in [5.41, 5.74) is 2.78. The van der Waals surface area contributed by atoms with Gasteiger partial charge < -0.3 is 14.6 Å². The van der Waals surface area contributed by atoms with Gasteiger partial charge in [0.1, 0.15) is 22.7 Å². The number of carbonyl (C=O) groups excluding carboxylic acids is 1. The highest BCUT2D eigenvalue weighted by atomic mass is 16.5. The van der Waals surface area contributed by atoms with Crippen LogP contribution >= 0.6 is 0 Å². The number of hydrogen-bond donors (Lipinski definition) is 1. The second-order valence-corrected chi connectivity index (χ2v) is 8.56. The lowest BCUT2D eigenvalue weighted by Crippen LogP contribution is -2.35. The summed E-state index contributed by atoms with van der Waals surface area (Å²) in [6.45, 7) is 10.6. The summed E-state index contributed by atoms with van der Waals surface area (Å²) in [4.78, 5) is 12.5. The van der Waals surface area contributed by atoms with Gasteiger partial charge in [-0.3, -0.25) is 0 Å². The van der Waals surface area contributed by atoms with Crippen LogP contribution in [0.4, 0.5) is 0 Å². The standard InChI is InChI=1S/C24H36O4/c1-7-9-10-12-17-14-19-20(22(25)21(17)23(26)27-6)18(13-16(3)11-8-2)15-24(4,5)28-19/h13-14,18,25H,7-12,15H2,1-6H3/b16-13-. The second-order valence-electron chi connectivity index (χ2n) is 8.56. The predicted molar refractivity (Wildman–Crippen MR) is 113 cm³/mol. The van der Waals surface area contributed by atoms with Crippen molar-refractivity contribution >= 4 is 5.97 Å². The number of aryl methyl sites for hydroxylation is 1. The van der Waals surface area contributed by atoms with Crippen molar-refractivity contribution in [3.63, 3.8) is 0 Å². The van der Waals surface area contributed by atoms with Crippen LogP contribution < -0.4 is 4.74 Å². The molecule has 0 bridgehead atoms. The predicted octanol–water partition coefficient (Wildman–Crippen LogP) is 6.30. The fourth-order valence-corrected chi connectivity index (χ4v) is 4.18. The van der Waals surface area contributed by atoms with E-state index in [1.807, 2.05) is 6.07 Å². The van der Waals surface area contributed by atoms with E-state index in [-0.39, 0.29) is 17.3 Å². The largest absolute Gasteiger partial charge is 0.507 e. The maximum Gasteiger partial charge on any atom is 0.341 e. The molecule has 0 amide bonds. The molecule has 1 atom stereocenters. The molecule has 0 aromatic heterocycles. The van der Waals surface area contributed by atoms with Crippen molar-refractivity contribution in [2.24, 2.45) is 0 Å². The fraction of sp³-hybridized carbons (Fsp3) is 0.625. The van der Waals surface area contributed by atoms with E-state index in [1.54, 1.807) is 0 Å². The van der Waals surface area contributed by atoms with E-state index in [9.17, 15) is 9.90 Å². The monoisotopic (exact) mass is 388 g/mol. The number of unbranched alkanes of at least 4 members (excludes halogenated alkanes) is 2. The van der Waals surface area contributed by atoms with Gasteiger partial charge in [-0.15, -0.1) is 0 Å². The molecule has 1 unspecified atom stereocenters. The number of benzene rings is 1. The van der Waals surface area contributed by atoms with Crippen molar-refractivity contribution in [1.82, 2.24) is 0 Å². The van der Waals surface area contributed by atoms with E-state index in [0.29, 0.717) is 11.3 Å². The van der Waals surface area contributed by atoms with E-state index in [0.717, 1.165) is 56.1 Å². The molecule has 4 nitrogen and oxygen atoms in total. The molecule has 1 aromatic carbocycles. The van der Waals surface area contributed by atoms with Crippen molar-refractivity contribution in [3.05, 3.63) is 34.4 Å². The minimum absolute atomic E-state index is 0.0124. The molecule has 0 aliphatic carbocycles. The van der Waals surface area contributed by atoms with Gasteiger partial charge in [-0.25, -0.2) is 4.79 Å². The normalized spacial score (nSPS) is 18.4. The Morgan fingerprint density at radius 3 is 2.64 bits per heavy atom. The molecule has 1 N–H and O–H groups in total. The summed E-state index contributed by atoms with van der Waals surface area (Å²) in [7, 11) is 1.36. The molecule has 0 saturated heterocycles. The number of hydrogen-bond acceptors (Lipinski definition) is 4. The Hall–Kier alpha value is -1.97. The molecule has 1 aliphatic heterocycles. The van der Waals surface area contributed by atoms with Crippen LogP contribution in [0.15, 0.2) is 17.7 Å². The first-order valence-electron chi connectivity index (χ1n) is 10.6. The number of methoxy groups -OCH3 is 1.